The van der Waals surface area contributed by atoms with Crippen LogP contribution in [0.15, 0.2) is 12.2 Å². The van der Waals surface area contributed by atoms with Crippen LogP contribution >= 0.6 is 0 Å². The fourth-order valence-corrected chi connectivity index (χ4v) is 12.3. The smallest absolute Gasteiger partial charge is 0.305 e. The van der Waals surface area contributed by atoms with Gasteiger partial charge in [0.2, 0.25) is 5.91 Å². The summed E-state index contributed by atoms with van der Waals surface area (Å²) in [4.78, 5) is 24.7. The lowest BCUT2D eigenvalue weighted by Crippen LogP contribution is -2.45. The SMILES string of the molecule is CCCCCCCCCCCCCCCCCCCCCCCCCCCC(O)C(CO)NC(=O)CCCCCCCCC/C=C\CCCCCCCCCCCCOC(=O)CCCCCCCCCCCCCCCCCCCCC. The first-order chi connectivity index (χ1) is 40.5. The molecule has 82 heavy (non-hydrogen) atoms. The Morgan fingerprint density at radius 3 is 0.866 bits per heavy atom. The van der Waals surface area contributed by atoms with Crippen LogP contribution in [0.1, 0.15) is 438 Å². The van der Waals surface area contributed by atoms with Gasteiger partial charge in [0, 0.05) is 12.8 Å². The zero-order valence-corrected chi connectivity index (χ0v) is 56.0. The molecule has 0 fully saturated rings. The van der Waals surface area contributed by atoms with Gasteiger partial charge in [-0.25, -0.2) is 0 Å². The van der Waals surface area contributed by atoms with Gasteiger partial charge in [0.05, 0.1) is 25.4 Å². The largest absolute Gasteiger partial charge is 0.466 e. The van der Waals surface area contributed by atoms with E-state index in [4.69, 9.17) is 4.74 Å². The van der Waals surface area contributed by atoms with Crippen LogP contribution < -0.4 is 5.32 Å². The Morgan fingerprint density at radius 1 is 0.329 bits per heavy atom. The van der Waals surface area contributed by atoms with E-state index in [0.29, 0.717) is 25.9 Å². The van der Waals surface area contributed by atoms with Gasteiger partial charge in [-0.3, -0.25) is 9.59 Å². The molecule has 0 aromatic heterocycles. The predicted molar refractivity (Wildman–Crippen MR) is 361 cm³/mol. The van der Waals surface area contributed by atoms with Crippen LogP contribution in [0.25, 0.3) is 0 Å². The molecule has 0 spiro atoms. The van der Waals surface area contributed by atoms with Crippen molar-refractivity contribution in [2.75, 3.05) is 13.2 Å². The summed E-state index contributed by atoms with van der Waals surface area (Å²) in [5.41, 5.74) is 0. The molecule has 3 N–H and O–H groups in total. The molecule has 0 aliphatic carbocycles. The first-order valence-corrected chi connectivity index (χ1v) is 37.9. The Bertz CT molecular complexity index is 1240. The third-order valence-corrected chi connectivity index (χ3v) is 18.1. The molecule has 0 aliphatic rings. The van der Waals surface area contributed by atoms with Gasteiger partial charge in [-0.2, -0.15) is 0 Å². The number of hydrogen-bond donors (Lipinski definition) is 3. The number of carbonyl (C=O) groups is 2. The fourth-order valence-electron chi connectivity index (χ4n) is 12.3. The topological polar surface area (TPSA) is 95.9 Å². The van der Waals surface area contributed by atoms with Gasteiger partial charge in [-0.05, 0) is 51.4 Å². The number of aliphatic hydroxyl groups is 2. The van der Waals surface area contributed by atoms with E-state index in [2.05, 4.69) is 31.3 Å². The zero-order valence-electron chi connectivity index (χ0n) is 56.0. The van der Waals surface area contributed by atoms with Gasteiger partial charge in [0.25, 0.3) is 0 Å². The van der Waals surface area contributed by atoms with E-state index in [1.54, 1.807) is 0 Å². The monoisotopic (exact) mass is 1160 g/mol. The first-order valence-electron chi connectivity index (χ1n) is 37.9. The maximum Gasteiger partial charge on any atom is 0.305 e. The molecule has 2 unspecified atom stereocenters. The lowest BCUT2D eigenvalue weighted by Gasteiger charge is -2.22. The molecule has 6 nitrogen and oxygen atoms in total. The van der Waals surface area contributed by atoms with E-state index in [-0.39, 0.29) is 18.5 Å². The molecule has 2 atom stereocenters. The van der Waals surface area contributed by atoms with E-state index in [1.807, 2.05) is 0 Å². The number of hydrogen-bond acceptors (Lipinski definition) is 5. The maximum absolute atomic E-state index is 12.6. The van der Waals surface area contributed by atoms with Gasteiger partial charge in [-0.1, -0.05) is 386 Å². The fraction of sp³-hybridized carbons (Fsp3) is 0.947. The predicted octanol–water partition coefficient (Wildman–Crippen LogP) is 24.7. The molecule has 0 heterocycles. The second kappa shape index (κ2) is 72.1. The Balaban J connectivity index is 3.39. The van der Waals surface area contributed by atoms with Crippen LogP contribution in [-0.4, -0.2) is 47.4 Å². The average molecular weight is 1160 g/mol. The molecule has 0 saturated heterocycles. The molecule has 1 amide bonds. The Labute approximate surface area is 514 Å². The van der Waals surface area contributed by atoms with Crippen LogP contribution in [0, 0.1) is 0 Å². The van der Waals surface area contributed by atoms with Crippen LogP contribution in [0.5, 0.6) is 0 Å². The summed E-state index contributed by atoms with van der Waals surface area (Å²) in [5, 5.41) is 23.5. The van der Waals surface area contributed by atoms with Crippen molar-refractivity contribution in [1.29, 1.82) is 0 Å². The highest BCUT2D eigenvalue weighted by molar-refractivity contribution is 5.76. The average Bonchev–Trinajstić information content (AvgIpc) is 3.48. The van der Waals surface area contributed by atoms with Crippen molar-refractivity contribution >= 4 is 11.9 Å². The van der Waals surface area contributed by atoms with E-state index >= 15 is 0 Å². The maximum atomic E-state index is 12.6. The van der Waals surface area contributed by atoms with E-state index in [1.165, 1.54) is 366 Å². The number of carbonyl (C=O) groups excluding carboxylic acids is 2. The van der Waals surface area contributed by atoms with E-state index in [0.717, 1.165) is 38.5 Å². The molecule has 0 aliphatic heterocycles. The lowest BCUT2D eigenvalue weighted by molar-refractivity contribution is -0.143. The van der Waals surface area contributed by atoms with Crippen LogP contribution in [0.4, 0.5) is 0 Å². The summed E-state index contributed by atoms with van der Waals surface area (Å²) >= 11 is 0. The van der Waals surface area contributed by atoms with Gasteiger partial charge in [0.15, 0.2) is 0 Å². The number of allylic oxidation sites excluding steroid dienone is 2. The first kappa shape index (κ1) is 80.6. The molecule has 0 bridgehead atoms. The van der Waals surface area contributed by atoms with Crippen molar-refractivity contribution in [2.24, 2.45) is 0 Å². The number of amides is 1. The second-order valence-corrected chi connectivity index (χ2v) is 26.3. The number of rotatable bonds is 72. The normalized spacial score (nSPS) is 12.5. The van der Waals surface area contributed by atoms with Crippen LogP contribution in [0.3, 0.4) is 0 Å². The summed E-state index contributed by atoms with van der Waals surface area (Å²) in [6.07, 6.45) is 89.9. The summed E-state index contributed by atoms with van der Waals surface area (Å²) in [6, 6.07) is -0.548. The van der Waals surface area contributed by atoms with Crippen molar-refractivity contribution in [3.8, 4) is 0 Å². The third-order valence-electron chi connectivity index (χ3n) is 18.1. The second-order valence-electron chi connectivity index (χ2n) is 26.3. The summed E-state index contributed by atoms with van der Waals surface area (Å²) in [5.74, 6) is -0.0223. The van der Waals surface area contributed by atoms with Gasteiger partial charge >= 0.3 is 5.97 Å². The van der Waals surface area contributed by atoms with Crippen molar-refractivity contribution in [3.05, 3.63) is 12.2 Å². The molecule has 0 saturated carbocycles. The van der Waals surface area contributed by atoms with Gasteiger partial charge in [-0.15, -0.1) is 0 Å². The van der Waals surface area contributed by atoms with Crippen molar-refractivity contribution in [1.82, 2.24) is 5.32 Å². The molecule has 6 heteroatoms. The molecule has 0 radical (unpaired) electrons. The summed E-state index contributed by atoms with van der Waals surface area (Å²) in [6.45, 7) is 5.00. The highest BCUT2D eigenvalue weighted by Crippen LogP contribution is 2.20. The third kappa shape index (κ3) is 67.7. The molecular weight excluding hydrogens is 1010 g/mol. The Kier molecular flexibility index (Phi) is 70.8. The van der Waals surface area contributed by atoms with Crippen molar-refractivity contribution in [3.63, 3.8) is 0 Å². The van der Waals surface area contributed by atoms with Crippen molar-refractivity contribution < 1.29 is 24.5 Å². The van der Waals surface area contributed by atoms with Crippen LogP contribution in [-0.2, 0) is 14.3 Å². The van der Waals surface area contributed by atoms with Crippen LogP contribution in [0.2, 0.25) is 0 Å². The van der Waals surface area contributed by atoms with Gasteiger partial charge < -0.3 is 20.3 Å². The molecule has 0 aromatic rings. The van der Waals surface area contributed by atoms with E-state index in [9.17, 15) is 19.8 Å². The highest BCUT2D eigenvalue weighted by Gasteiger charge is 2.20. The Hall–Kier alpha value is -1.40. The Morgan fingerprint density at radius 2 is 0.573 bits per heavy atom. The molecule has 488 valence electrons. The lowest BCUT2D eigenvalue weighted by atomic mass is 10.0. The molecule has 0 aromatic carbocycles. The number of esters is 1. The minimum atomic E-state index is -0.671. The number of aliphatic hydroxyl groups excluding tert-OH is 2. The number of ether oxygens (including phenoxy) is 1. The standard InChI is InChI=1S/C76H149NO5/c1-3-5-7-9-11-13-15-17-19-21-23-24-25-26-27-29-33-36-40-44-48-52-56-60-64-68-74(79)73(72-78)77-75(80)69-65-61-57-53-49-45-41-37-34-30-28-31-35-39-43-47-51-55-59-63-67-71-82-76(81)70-66-62-58-54-50-46-42-38-32-22-20-18-16-14-12-10-8-6-4-2/h30,34,73-74,78-79H,3-29,31-33,35-72H2,1-2H3,(H,77,80)/b34-30-. The molecular formula is C76H149NO5. The number of unbranched alkanes of at least 4 members (excludes halogenated alkanes) is 59. The number of nitrogens with one attached hydrogen (secondary N) is 1. The zero-order chi connectivity index (χ0) is 59.2. The summed E-state index contributed by atoms with van der Waals surface area (Å²) in [7, 11) is 0. The quantitative estimate of drug-likeness (QED) is 0.0320. The van der Waals surface area contributed by atoms with E-state index < -0.39 is 12.1 Å². The summed E-state index contributed by atoms with van der Waals surface area (Å²) < 4.78 is 5.51. The molecule has 0 rings (SSSR count). The highest BCUT2D eigenvalue weighted by atomic mass is 16.5. The minimum absolute atomic E-state index is 0.0146. The van der Waals surface area contributed by atoms with Crippen molar-refractivity contribution in [2.45, 2.75) is 450 Å². The van der Waals surface area contributed by atoms with Gasteiger partial charge in [0.1, 0.15) is 0 Å². The minimum Gasteiger partial charge on any atom is -0.466 e.